The minimum Gasteiger partial charge on any atom is -0.497 e. The first-order chi connectivity index (χ1) is 12.7. The molecule has 2 rings (SSSR count). The number of benzene rings is 2. The predicted octanol–water partition coefficient (Wildman–Crippen LogP) is 3.34. The number of rotatable bonds is 8. The highest BCUT2D eigenvalue weighted by Crippen LogP contribution is 2.13. The van der Waals surface area contributed by atoms with Gasteiger partial charge in [-0.1, -0.05) is 24.3 Å². The van der Waals surface area contributed by atoms with Crippen LogP contribution in [0, 0.1) is 0 Å². The summed E-state index contributed by atoms with van der Waals surface area (Å²) in [5.41, 5.74) is 2.53. The van der Waals surface area contributed by atoms with Crippen molar-refractivity contribution in [1.29, 1.82) is 0 Å². The van der Waals surface area contributed by atoms with Crippen LogP contribution in [0.15, 0.2) is 53.5 Å². The molecule has 0 saturated carbocycles. The predicted molar refractivity (Wildman–Crippen MR) is 107 cm³/mol. The molecule has 26 heavy (non-hydrogen) atoms. The Morgan fingerprint density at radius 2 is 1.46 bits per heavy atom. The molecule has 2 aromatic rings. The third kappa shape index (κ3) is 5.99. The van der Waals surface area contributed by atoms with Gasteiger partial charge in [0.1, 0.15) is 11.5 Å². The Bertz CT molecular complexity index is 681. The summed E-state index contributed by atoms with van der Waals surface area (Å²) in [6, 6.07) is 16.3. The third-order valence-electron chi connectivity index (χ3n) is 4.24. The summed E-state index contributed by atoms with van der Waals surface area (Å²) in [6.45, 7) is 1.67. The molecular weight excluding hydrogens is 326 g/mol. The molecule has 0 atom stereocenters. The van der Waals surface area contributed by atoms with Gasteiger partial charge in [-0.15, -0.1) is 0 Å². The highest BCUT2D eigenvalue weighted by molar-refractivity contribution is 5.79. The van der Waals surface area contributed by atoms with Crippen molar-refractivity contribution < 1.29 is 9.47 Å². The summed E-state index contributed by atoms with van der Waals surface area (Å²) in [7, 11) is 7.23. The number of ether oxygens (including phenoxy) is 2. The smallest absolute Gasteiger partial charge is 0.193 e. The van der Waals surface area contributed by atoms with Gasteiger partial charge in [0, 0.05) is 27.2 Å². The van der Waals surface area contributed by atoms with E-state index in [1.807, 2.05) is 38.4 Å². The Morgan fingerprint density at radius 3 is 1.96 bits per heavy atom. The van der Waals surface area contributed by atoms with Crippen molar-refractivity contribution in [2.75, 3.05) is 34.9 Å². The molecule has 2 aromatic carbocycles. The van der Waals surface area contributed by atoms with Gasteiger partial charge in [0.2, 0.25) is 0 Å². The molecule has 0 spiro atoms. The first kappa shape index (κ1) is 19.6. The summed E-state index contributed by atoms with van der Waals surface area (Å²) >= 11 is 0. The maximum absolute atomic E-state index is 5.20. The van der Waals surface area contributed by atoms with Crippen LogP contribution in [0.25, 0.3) is 0 Å². The lowest BCUT2D eigenvalue weighted by Crippen LogP contribution is -2.39. The average Bonchev–Trinajstić information content (AvgIpc) is 2.69. The van der Waals surface area contributed by atoms with Crippen LogP contribution in [0.2, 0.25) is 0 Å². The van der Waals surface area contributed by atoms with Crippen molar-refractivity contribution in [3.63, 3.8) is 0 Å². The van der Waals surface area contributed by atoms with E-state index < -0.39 is 0 Å². The monoisotopic (exact) mass is 355 g/mol. The molecular formula is C21H29N3O2. The first-order valence-electron chi connectivity index (χ1n) is 8.84. The molecule has 0 aliphatic rings. The maximum atomic E-state index is 5.20. The minimum absolute atomic E-state index is 0.794. The molecule has 0 amide bonds. The van der Waals surface area contributed by atoms with Crippen molar-refractivity contribution in [2.45, 2.75) is 19.4 Å². The molecule has 0 radical (unpaired) electrons. The van der Waals surface area contributed by atoms with Crippen LogP contribution in [0.5, 0.6) is 11.5 Å². The maximum Gasteiger partial charge on any atom is 0.193 e. The van der Waals surface area contributed by atoms with Crippen LogP contribution in [-0.4, -0.2) is 45.7 Å². The number of hydrogen-bond acceptors (Lipinski definition) is 3. The van der Waals surface area contributed by atoms with Gasteiger partial charge in [-0.25, -0.2) is 0 Å². The van der Waals surface area contributed by atoms with Gasteiger partial charge < -0.3 is 19.7 Å². The second kappa shape index (κ2) is 10.3. The lowest BCUT2D eigenvalue weighted by Gasteiger charge is -2.22. The fourth-order valence-electron chi connectivity index (χ4n) is 2.75. The van der Waals surface area contributed by atoms with Crippen LogP contribution >= 0.6 is 0 Å². The quantitative estimate of drug-likeness (QED) is 0.448. The molecule has 0 aliphatic carbocycles. The standard InChI is InChI=1S/C21H29N3O2/c1-22-21(24(2)16-18-9-13-20(26-4)14-10-18)23-15-5-6-17-7-11-19(25-3)12-8-17/h7-14H,5-6,15-16H2,1-4H3,(H,22,23). The lowest BCUT2D eigenvalue weighted by molar-refractivity contribution is 0.414. The molecule has 0 fully saturated rings. The molecule has 0 saturated heterocycles. The van der Waals surface area contributed by atoms with Crippen molar-refractivity contribution >= 4 is 5.96 Å². The summed E-state index contributed by atoms with van der Waals surface area (Å²) < 4.78 is 10.4. The van der Waals surface area contributed by atoms with E-state index in [1.54, 1.807) is 14.2 Å². The molecule has 5 heteroatoms. The number of hydrogen-bond donors (Lipinski definition) is 1. The van der Waals surface area contributed by atoms with Crippen molar-refractivity contribution in [3.05, 3.63) is 59.7 Å². The van der Waals surface area contributed by atoms with E-state index in [0.29, 0.717) is 0 Å². The Kier molecular flexibility index (Phi) is 7.80. The molecule has 0 unspecified atom stereocenters. The third-order valence-corrected chi connectivity index (χ3v) is 4.24. The first-order valence-corrected chi connectivity index (χ1v) is 8.84. The lowest BCUT2D eigenvalue weighted by atomic mass is 10.1. The fourth-order valence-corrected chi connectivity index (χ4v) is 2.75. The molecule has 1 N–H and O–H groups in total. The van der Waals surface area contributed by atoms with Gasteiger partial charge in [0.15, 0.2) is 5.96 Å². The van der Waals surface area contributed by atoms with E-state index in [9.17, 15) is 0 Å². The largest absolute Gasteiger partial charge is 0.497 e. The molecule has 0 aliphatic heterocycles. The van der Waals surface area contributed by atoms with Crippen molar-refractivity contribution in [3.8, 4) is 11.5 Å². The van der Waals surface area contributed by atoms with Crippen LogP contribution < -0.4 is 14.8 Å². The van der Waals surface area contributed by atoms with Gasteiger partial charge in [0.25, 0.3) is 0 Å². The Hall–Kier alpha value is -2.69. The zero-order valence-corrected chi connectivity index (χ0v) is 16.2. The van der Waals surface area contributed by atoms with Gasteiger partial charge in [-0.2, -0.15) is 0 Å². The average molecular weight is 355 g/mol. The summed E-state index contributed by atoms with van der Waals surface area (Å²) in [4.78, 5) is 6.50. The Morgan fingerprint density at radius 1 is 0.923 bits per heavy atom. The van der Waals surface area contributed by atoms with Gasteiger partial charge in [0.05, 0.1) is 14.2 Å². The van der Waals surface area contributed by atoms with Crippen LogP contribution in [0.1, 0.15) is 17.5 Å². The molecule has 0 heterocycles. The zero-order valence-electron chi connectivity index (χ0n) is 16.2. The number of nitrogens with one attached hydrogen (secondary N) is 1. The van der Waals surface area contributed by atoms with Gasteiger partial charge in [-0.3, -0.25) is 4.99 Å². The number of aryl methyl sites for hydroxylation is 1. The van der Waals surface area contributed by atoms with Gasteiger partial charge >= 0.3 is 0 Å². The minimum atomic E-state index is 0.794. The highest BCUT2D eigenvalue weighted by Gasteiger charge is 2.06. The van der Waals surface area contributed by atoms with Crippen LogP contribution in [0.4, 0.5) is 0 Å². The molecule has 0 bridgehead atoms. The van der Waals surface area contributed by atoms with Gasteiger partial charge in [-0.05, 0) is 48.2 Å². The Labute approximate surface area is 156 Å². The normalized spacial score (nSPS) is 11.2. The number of nitrogens with zero attached hydrogens (tertiary/aromatic N) is 2. The zero-order chi connectivity index (χ0) is 18.8. The van der Waals surface area contributed by atoms with E-state index in [2.05, 4.69) is 39.5 Å². The Balaban J connectivity index is 1.76. The molecule has 5 nitrogen and oxygen atoms in total. The summed E-state index contributed by atoms with van der Waals surface area (Å²) in [5.74, 6) is 2.67. The van der Waals surface area contributed by atoms with E-state index in [1.165, 1.54) is 11.1 Å². The van der Waals surface area contributed by atoms with Crippen molar-refractivity contribution in [2.24, 2.45) is 4.99 Å². The topological polar surface area (TPSA) is 46.1 Å². The fraction of sp³-hybridized carbons (Fsp3) is 0.381. The highest BCUT2D eigenvalue weighted by atomic mass is 16.5. The second-order valence-electron chi connectivity index (χ2n) is 6.13. The van der Waals surface area contributed by atoms with E-state index in [4.69, 9.17) is 9.47 Å². The number of guanidine groups is 1. The molecule has 0 aromatic heterocycles. The molecule has 140 valence electrons. The van der Waals surface area contributed by atoms with Crippen molar-refractivity contribution in [1.82, 2.24) is 10.2 Å². The summed E-state index contributed by atoms with van der Waals surface area (Å²) in [6.07, 6.45) is 2.07. The number of methoxy groups -OCH3 is 2. The van der Waals surface area contributed by atoms with E-state index in [0.717, 1.165) is 43.4 Å². The van der Waals surface area contributed by atoms with E-state index >= 15 is 0 Å². The van der Waals surface area contributed by atoms with Crippen LogP contribution in [-0.2, 0) is 13.0 Å². The van der Waals surface area contributed by atoms with Crippen LogP contribution in [0.3, 0.4) is 0 Å². The second-order valence-corrected chi connectivity index (χ2v) is 6.13. The number of aliphatic imine (C=N–C) groups is 1. The van der Waals surface area contributed by atoms with E-state index in [-0.39, 0.29) is 0 Å². The summed E-state index contributed by atoms with van der Waals surface area (Å²) in [5, 5.41) is 3.43. The SMILES string of the molecule is CN=C(NCCCc1ccc(OC)cc1)N(C)Cc1ccc(OC)cc1.